The van der Waals surface area contributed by atoms with Gasteiger partial charge in [-0.2, -0.15) is 0 Å². The average Bonchev–Trinajstić information content (AvgIpc) is 2.55. The van der Waals surface area contributed by atoms with E-state index in [0.29, 0.717) is 29.0 Å². The van der Waals surface area contributed by atoms with Crippen LogP contribution >= 0.6 is 15.9 Å². The molecule has 0 aliphatic carbocycles. The van der Waals surface area contributed by atoms with Crippen molar-refractivity contribution in [1.29, 1.82) is 0 Å². The molecule has 0 atom stereocenters. The fourth-order valence-electron chi connectivity index (χ4n) is 2.20. The van der Waals surface area contributed by atoms with Crippen LogP contribution in [0, 0.1) is 0 Å². The van der Waals surface area contributed by atoms with Crippen molar-refractivity contribution in [3.63, 3.8) is 0 Å². The Morgan fingerprint density at radius 1 is 0.800 bits per heavy atom. The van der Waals surface area contributed by atoms with Gasteiger partial charge in [0.15, 0.2) is 16.6 Å². The molecule has 0 amide bonds. The quantitative estimate of drug-likeness (QED) is 0.373. The van der Waals surface area contributed by atoms with E-state index in [4.69, 9.17) is 18.7 Å². The normalized spacial score (nSPS) is 12.9. The number of benzene rings is 1. The standard InChI is InChI=1S/C12H30OSi2.C11H15BrO3/c1-11(2,3)14(7,8)13-15(9,10)12(4,5)6;1-3-14-10-6-11(15-4-2)9(12)5-8(10)7-13/h1-10H3;5-6,13H,3-4,7H2,1-2H3. The third-order valence-electron chi connectivity index (χ3n) is 6.01. The van der Waals surface area contributed by atoms with E-state index in [1.165, 1.54) is 0 Å². The second kappa shape index (κ2) is 11.5. The molecule has 0 radical (unpaired) electrons. The Labute approximate surface area is 196 Å². The predicted octanol–water partition coefficient (Wildman–Crippen LogP) is 7.75. The SMILES string of the molecule is CC(C)(C)[Si](C)(C)O[Si](C)(C)C(C)(C)C.CCOc1cc(OCC)c(CO)cc1Br. The van der Waals surface area contributed by atoms with Crippen LogP contribution in [-0.4, -0.2) is 35.0 Å². The Hall–Kier alpha value is -0.346. The van der Waals surface area contributed by atoms with Gasteiger partial charge in [-0.05, 0) is 72.1 Å². The van der Waals surface area contributed by atoms with Gasteiger partial charge in [-0.25, -0.2) is 0 Å². The van der Waals surface area contributed by atoms with Crippen LogP contribution in [0.2, 0.25) is 36.3 Å². The minimum Gasteiger partial charge on any atom is -0.493 e. The lowest BCUT2D eigenvalue weighted by atomic mass is 10.2. The van der Waals surface area contributed by atoms with E-state index < -0.39 is 16.6 Å². The van der Waals surface area contributed by atoms with Gasteiger partial charge >= 0.3 is 0 Å². The highest BCUT2D eigenvalue weighted by Gasteiger charge is 2.46. The summed E-state index contributed by atoms with van der Waals surface area (Å²) in [5.41, 5.74) is 0.757. The van der Waals surface area contributed by atoms with E-state index in [0.717, 1.165) is 15.8 Å². The highest BCUT2D eigenvalue weighted by Crippen LogP contribution is 2.44. The van der Waals surface area contributed by atoms with Crippen molar-refractivity contribution >= 4 is 32.6 Å². The van der Waals surface area contributed by atoms with Crippen LogP contribution in [0.25, 0.3) is 0 Å². The largest absolute Gasteiger partial charge is 0.493 e. The Morgan fingerprint density at radius 2 is 1.20 bits per heavy atom. The molecule has 0 spiro atoms. The summed E-state index contributed by atoms with van der Waals surface area (Å²) in [7, 11) is -3.18. The van der Waals surface area contributed by atoms with E-state index in [1.54, 1.807) is 6.07 Å². The van der Waals surface area contributed by atoms with Gasteiger partial charge in [0.2, 0.25) is 0 Å². The topological polar surface area (TPSA) is 47.9 Å². The molecular weight excluding hydrogens is 476 g/mol. The summed E-state index contributed by atoms with van der Waals surface area (Å²) in [5, 5.41) is 9.79. The summed E-state index contributed by atoms with van der Waals surface area (Å²) >= 11 is 3.38. The van der Waals surface area contributed by atoms with Gasteiger partial charge in [-0.1, -0.05) is 41.5 Å². The minimum absolute atomic E-state index is 0.0413. The summed E-state index contributed by atoms with van der Waals surface area (Å²) in [6.07, 6.45) is 0. The summed E-state index contributed by atoms with van der Waals surface area (Å²) in [6.45, 7) is 28.2. The molecule has 4 nitrogen and oxygen atoms in total. The molecule has 30 heavy (non-hydrogen) atoms. The molecule has 0 unspecified atom stereocenters. The maximum absolute atomic E-state index is 9.15. The molecule has 0 saturated carbocycles. The molecule has 0 bridgehead atoms. The number of aliphatic hydroxyl groups excluding tert-OH is 1. The summed E-state index contributed by atoms with van der Waals surface area (Å²) < 4.78 is 18.3. The molecule has 7 heteroatoms. The van der Waals surface area contributed by atoms with Crippen LogP contribution in [0.5, 0.6) is 11.5 Å². The molecule has 1 aromatic rings. The van der Waals surface area contributed by atoms with Crippen molar-refractivity contribution in [3.05, 3.63) is 22.2 Å². The molecule has 0 saturated heterocycles. The summed E-state index contributed by atoms with van der Waals surface area (Å²) in [5.74, 6) is 1.41. The molecule has 1 N–H and O–H groups in total. The van der Waals surface area contributed by atoms with Crippen molar-refractivity contribution < 1.29 is 18.7 Å². The minimum atomic E-state index is -1.59. The average molecular weight is 522 g/mol. The van der Waals surface area contributed by atoms with Gasteiger partial charge in [0.05, 0.1) is 24.3 Å². The molecule has 0 aromatic heterocycles. The molecule has 1 rings (SSSR count). The second-order valence-electron chi connectivity index (χ2n) is 10.5. The summed E-state index contributed by atoms with van der Waals surface area (Å²) in [6, 6.07) is 3.61. The highest BCUT2D eigenvalue weighted by atomic mass is 79.9. The van der Waals surface area contributed by atoms with Crippen molar-refractivity contribution in [2.45, 2.75) is 98.3 Å². The highest BCUT2D eigenvalue weighted by molar-refractivity contribution is 9.10. The first-order valence-corrected chi connectivity index (χ1v) is 17.4. The maximum Gasteiger partial charge on any atom is 0.178 e. The van der Waals surface area contributed by atoms with Crippen molar-refractivity contribution in [1.82, 2.24) is 0 Å². The Morgan fingerprint density at radius 3 is 1.53 bits per heavy atom. The third-order valence-corrected chi connectivity index (χ3v) is 17.9. The molecule has 1 aromatic carbocycles. The van der Waals surface area contributed by atoms with Crippen molar-refractivity contribution in [2.75, 3.05) is 13.2 Å². The van der Waals surface area contributed by atoms with Crippen LogP contribution in [0.3, 0.4) is 0 Å². The van der Waals surface area contributed by atoms with Crippen LogP contribution < -0.4 is 9.47 Å². The summed E-state index contributed by atoms with van der Waals surface area (Å²) in [4.78, 5) is 0. The maximum atomic E-state index is 9.15. The number of hydrogen-bond donors (Lipinski definition) is 1. The van der Waals surface area contributed by atoms with Gasteiger partial charge in [0.1, 0.15) is 11.5 Å². The number of ether oxygens (including phenoxy) is 2. The molecule has 0 aliphatic rings. The molecule has 0 aliphatic heterocycles. The third kappa shape index (κ3) is 8.65. The fourth-order valence-corrected chi connectivity index (χ4v) is 10.3. The Kier molecular flexibility index (Phi) is 11.4. The van der Waals surface area contributed by atoms with Gasteiger partial charge < -0.3 is 18.7 Å². The number of rotatable bonds is 7. The molecular formula is C23H45BrO4Si2. The van der Waals surface area contributed by atoms with Crippen molar-refractivity contribution in [3.8, 4) is 11.5 Å². The first-order chi connectivity index (χ1) is 13.4. The van der Waals surface area contributed by atoms with E-state index in [-0.39, 0.29) is 6.61 Å². The smallest absolute Gasteiger partial charge is 0.178 e. The van der Waals surface area contributed by atoms with E-state index >= 15 is 0 Å². The van der Waals surface area contributed by atoms with Crippen LogP contribution in [0.1, 0.15) is 61.0 Å². The zero-order valence-electron chi connectivity index (χ0n) is 21.3. The predicted molar refractivity (Wildman–Crippen MR) is 138 cm³/mol. The molecule has 176 valence electrons. The monoisotopic (exact) mass is 520 g/mol. The zero-order chi connectivity index (χ0) is 24.0. The second-order valence-corrected chi connectivity index (χ2v) is 21.2. The number of hydrogen-bond acceptors (Lipinski definition) is 4. The van der Waals surface area contributed by atoms with Crippen LogP contribution in [-0.2, 0) is 10.7 Å². The first-order valence-electron chi connectivity index (χ1n) is 10.8. The van der Waals surface area contributed by atoms with Crippen LogP contribution in [0.4, 0.5) is 0 Å². The van der Waals surface area contributed by atoms with Gasteiger partial charge in [0, 0.05) is 11.6 Å². The van der Waals surface area contributed by atoms with Gasteiger partial charge in [-0.3, -0.25) is 0 Å². The lowest BCUT2D eigenvalue weighted by Crippen LogP contribution is -2.53. The van der Waals surface area contributed by atoms with Crippen molar-refractivity contribution in [2.24, 2.45) is 0 Å². The van der Waals surface area contributed by atoms with E-state index in [1.807, 2.05) is 19.9 Å². The zero-order valence-corrected chi connectivity index (χ0v) is 24.9. The van der Waals surface area contributed by atoms with Gasteiger partial charge in [0.25, 0.3) is 0 Å². The first kappa shape index (κ1) is 29.7. The molecule has 0 heterocycles. The van der Waals surface area contributed by atoms with Gasteiger partial charge in [-0.15, -0.1) is 0 Å². The number of halogens is 1. The fraction of sp³-hybridized carbons (Fsp3) is 0.739. The Balaban J connectivity index is 0.000000561. The van der Waals surface area contributed by atoms with E-state index in [9.17, 15) is 0 Å². The lowest BCUT2D eigenvalue weighted by molar-refractivity contribution is 0.265. The lowest BCUT2D eigenvalue weighted by Gasteiger charge is -2.47. The Bertz CT molecular complexity index is 638. The van der Waals surface area contributed by atoms with Crippen LogP contribution in [0.15, 0.2) is 16.6 Å². The van der Waals surface area contributed by atoms with E-state index in [2.05, 4.69) is 83.7 Å². The molecule has 0 fully saturated rings. The number of aliphatic hydroxyl groups is 1.